The quantitative estimate of drug-likeness (QED) is 0.415. The third-order valence-electron chi connectivity index (χ3n) is 5.21. The standard InChI is InChI=1S/C24H26FN3O4S/c1-28-20(14-16-27-33(31,32)21-11-8-19(25)9-12-21)10-13-23(28)22(6-2-3-7-24(29)30)18-5-4-15-26-17-18/h4-6,8-13,15,17,27H,2-3,7,14,16H2,1H3,(H,29,30). The monoisotopic (exact) mass is 471 g/mol. The lowest BCUT2D eigenvalue weighted by atomic mass is 10.0. The highest BCUT2D eigenvalue weighted by Crippen LogP contribution is 2.26. The summed E-state index contributed by atoms with van der Waals surface area (Å²) in [7, 11) is -1.82. The fourth-order valence-electron chi connectivity index (χ4n) is 3.48. The molecule has 2 heterocycles. The topological polar surface area (TPSA) is 101 Å². The first-order valence-corrected chi connectivity index (χ1v) is 12.0. The van der Waals surface area contributed by atoms with E-state index in [9.17, 15) is 17.6 Å². The third-order valence-corrected chi connectivity index (χ3v) is 6.69. The van der Waals surface area contributed by atoms with Crippen LogP contribution in [0.5, 0.6) is 0 Å². The van der Waals surface area contributed by atoms with Crippen molar-refractivity contribution in [2.24, 2.45) is 7.05 Å². The molecule has 0 bridgehead atoms. The Morgan fingerprint density at radius 3 is 2.61 bits per heavy atom. The number of halogens is 1. The Hall–Kier alpha value is -3.30. The number of carboxylic acid groups (broad SMARTS) is 1. The molecule has 3 aromatic rings. The van der Waals surface area contributed by atoms with Gasteiger partial charge in [0.25, 0.3) is 0 Å². The third kappa shape index (κ3) is 6.59. The van der Waals surface area contributed by atoms with Gasteiger partial charge in [0, 0.05) is 61.4 Å². The van der Waals surface area contributed by atoms with Crippen LogP contribution in [0.25, 0.3) is 5.57 Å². The Morgan fingerprint density at radius 2 is 1.94 bits per heavy atom. The Balaban J connectivity index is 1.73. The van der Waals surface area contributed by atoms with Crippen molar-refractivity contribution in [1.82, 2.24) is 14.3 Å². The number of sulfonamides is 1. The summed E-state index contributed by atoms with van der Waals surface area (Å²) in [6, 6.07) is 12.4. The maximum Gasteiger partial charge on any atom is 0.303 e. The number of carboxylic acids is 1. The van der Waals surface area contributed by atoms with Gasteiger partial charge in [-0.3, -0.25) is 9.78 Å². The number of allylic oxidation sites excluding steroid dienone is 1. The molecular weight excluding hydrogens is 445 g/mol. The predicted molar refractivity (Wildman–Crippen MR) is 124 cm³/mol. The molecule has 174 valence electrons. The summed E-state index contributed by atoms with van der Waals surface area (Å²) < 4.78 is 42.4. The van der Waals surface area contributed by atoms with Crippen LogP contribution < -0.4 is 4.72 Å². The molecule has 0 fully saturated rings. The lowest BCUT2D eigenvalue weighted by Crippen LogP contribution is -2.26. The molecule has 3 rings (SSSR count). The lowest BCUT2D eigenvalue weighted by molar-refractivity contribution is -0.137. The molecule has 0 saturated heterocycles. The van der Waals surface area contributed by atoms with Gasteiger partial charge in [0.15, 0.2) is 0 Å². The van der Waals surface area contributed by atoms with Crippen LogP contribution in [0.1, 0.15) is 36.2 Å². The molecule has 0 unspecified atom stereocenters. The zero-order valence-electron chi connectivity index (χ0n) is 18.2. The second-order valence-electron chi connectivity index (χ2n) is 7.52. The second-order valence-corrected chi connectivity index (χ2v) is 9.28. The van der Waals surface area contributed by atoms with E-state index in [-0.39, 0.29) is 17.9 Å². The number of unbranched alkanes of at least 4 members (excludes halogenated alkanes) is 1. The van der Waals surface area contributed by atoms with Gasteiger partial charge in [-0.25, -0.2) is 17.5 Å². The number of hydrogen-bond donors (Lipinski definition) is 2. The van der Waals surface area contributed by atoms with Crippen molar-refractivity contribution in [3.05, 3.63) is 89.8 Å². The van der Waals surface area contributed by atoms with Gasteiger partial charge in [0.1, 0.15) is 5.82 Å². The van der Waals surface area contributed by atoms with Crippen molar-refractivity contribution < 1.29 is 22.7 Å². The Morgan fingerprint density at radius 1 is 1.18 bits per heavy atom. The van der Waals surface area contributed by atoms with E-state index in [1.807, 2.05) is 42.0 Å². The van der Waals surface area contributed by atoms with E-state index >= 15 is 0 Å². The van der Waals surface area contributed by atoms with Crippen LogP contribution in [0, 0.1) is 5.82 Å². The summed E-state index contributed by atoms with van der Waals surface area (Å²) >= 11 is 0. The molecule has 0 saturated carbocycles. The van der Waals surface area contributed by atoms with Crippen molar-refractivity contribution in [3.8, 4) is 0 Å². The Bertz CT molecular complexity index is 1220. The van der Waals surface area contributed by atoms with Crippen molar-refractivity contribution in [2.75, 3.05) is 6.54 Å². The first-order chi connectivity index (χ1) is 15.8. The number of aromatic nitrogens is 2. The highest BCUT2D eigenvalue weighted by molar-refractivity contribution is 7.89. The highest BCUT2D eigenvalue weighted by Gasteiger charge is 2.15. The lowest BCUT2D eigenvalue weighted by Gasteiger charge is -2.12. The van der Waals surface area contributed by atoms with Gasteiger partial charge < -0.3 is 9.67 Å². The molecule has 0 radical (unpaired) electrons. The number of pyridine rings is 1. The fourth-order valence-corrected chi connectivity index (χ4v) is 4.51. The first kappa shape index (κ1) is 24.3. The summed E-state index contributed by atoms with van der Waals surface area (Å²) in [5, 5.41) is 8.88. The number of rotatable bonds is 11. The van der Waals surface area contributed by atoms with Crippen LogP contribution in [0.3, 0.4) is 0 Å². The van der Waals surface area contributed by atoms with Crippen molar-refractivity contribution in [2.45, 2.75) is 30.6 Å². The molecule has 0 spiro atoms. The minimum absolute atomic E-state index is 0.0135. The summed E-state index contributed by atoms with van der Waals surface area (Å²) in [5.74, 6) is -1.32. The van der Waals surface area contributed by atoms with E-state index in [2.05, 4.69) is 9.71 Å². The highest BCUT2D eigenvalue weighted by atomic mass is 32.2. The molecule has 2 aromatic heterocycles. The first-order valence-electron chi connectivity index (χ1n) is 10.5. The van der Waals surface area contributed by atoms with E-state index in [1.165, 1.54) is 12.1 Å². The van der Waals surface area contributed by atoms with E-state index in [0.29, 0.717) is 19.3 Å². The average Bonchev–Trinajstić information content (AvgIpc) is 3.14. The average molecular weight is 472 g/mol. The summed E-state index contributed by atoms with van der Waals surface area (Å²) in [6.45, 7) is 0.182. The Kier molecular flexibility index (Phi) is 8.13. The molecule has 0 aliphatic heterocycles. The molecule has 0 aliphatic carbocycles. The molecule has 1 aromatic carbocycles. The Labute approximate surface area is 192 Å². The van der Waals surface area contributed by atoms with Gasteiger partial charge in [-0.1, -0.05) is 12.1 Å². The van der Waals surface area contributed by atoms with Gasteiger partial charge in [-0.15, -0.1) is 0 Å². The summed E-state index contributed by atoms with van der Waals surface area (Å²) in [6.07, 6.45) is 7.15. The molecule has 2 N–H and O–H groups in total. The van der Waals surface area contributed by atoms with Crippen LogP contribution in [0.4, 0.5) is 4.39 Å². The smallest absolute Gasteiger partial charge is 0.303 e. The van der Waals surface area contributed by atoms with Crippen LogP contribution >= 0.6 is 0 Å². The van der Waals surface area contributed by atoms with Crippen LogP contribution in [-0.4, -0.2) is 35.6 Å². The molecule has 33 heavy (non-hydrogen) atoms. The minimum atomic E-state index is -3.73. The zero-order chi connectivity index (χ0) is 23.8. The predicted octanol–water partition coefficient (Wildman–Crippen LogP) is 3.77. The summed E-state index contributed by atoms with van der Waals surface area (Å²) in [5.41, 5.74) is 3.70. The number of nitrogens with one attached hydrogen (secondary N) is 1. The maximum absolute atomic E-state index is 13.1. The molecular formula is C24H26FN3O4S. The second kappa shape index (κ2) is 11.0. The van der Waals surface area contributed by atoms with E-state index in [1.54, 1.807) is 12.4 Å². The van der Waals surface area contributed by atoms with Gasteiger partial charge in [0.05, 0.1) is 4.90 Å². The van der Waals surface area contributed by atoms with Gasteiger partial charge in [0.2, 0.25) is 10.0 Å². The fraction of sp³-hybridized carbons (Fsp3) is 0.250. The number of carbonyl (C=O) groups is 1. The van der Waals surface area contributed by atoms with E-state index in [4.69, 9.17) is 5.11 Å². The largest absolute Gasteiger partial charge is 0.481 e. The normalized spacial score (nSPS) is 12.1. The minimum Gasteiger partial charge on any atom is -0.481 e. The molecule has 0 amide bonds. The van der Waals surface area contributed by atoms with Crippen LogP contribution in [0.15, 0.2) is 71.9 Å². The maximum atomic E-state index is 13.1. The SMILES string of the molecule is Cn1c(CCNS(=O)(=O)c2ccc(F)cc2)ccc1C(=CCCCC(=O)O)c1cccnc1. The molecule has 9 heteroatoms. The van der Waals surface area contributed by atoms with Crippen LogP contribution in [-0.2, 0) is 28.3 Å². The van der Waals surface area contributed by atoms with Gasteiger partial charge in [-0.05, 0) is 55.3 Å². The molecule has 0 atom stereocenters. The number of aliphatic carboxylic acids is 1. The van der Waals surface area contributed by atoms with Crippen LogP contribution in [0.2, 0.25) is 0 Å². The van der Waals surface area contributed by atoms with Crippen molar-refractivity contribution in [1.29, 1.82) is 0 Å². The number of benzene rings is 1. The molecule has 0 aliphatic rings. The zero-order valence-corrected chi connectivity index (χ0v) is 19.1. The van der Waals surface area contributed by atoms with E-state index in [0.717, 1.165) is 34.7 Å². The van der Waals surface area contributed by atoms with Gasteiger partial charge in [-0.2, -0.15) is 0 Å². The van der Waals surface area contributed by atoms with Crippen molar-refractivity contribution in [3.63, 3.8) is 0 Å². The number of hydrogen-bond acceptors (Lipinski definition) is 4. The molecule has 7 nitrogen and oxygen atoms in total. The van der Waals surface area contributed by atoms with Crippen molar-refractivity contribution >= 4 is 21.6 Å². The van der Waals surface area contributed by atoms with Gasteiger partial charge >= 0.3 is 5.97 Å². The van der Waals surface area contributed by atoms with E-state index < -0.39 is 21.8 Å². The number of nitrogens with zero attached hydrogens (tertiary/aromatic N) is 2. The summed E-state index contributed by atoms with van der Waals surface area (Å²) in [4.78, 5) is 15.0.